The lowest BCUT2D eigenvalue weighted by atomic mass is 10.1. The van der Waals surface area contributed by atoms with E-state index in [0.29, 0.717) is 12.1 Å². The fourth-order valence-electron chi connectivity index (χ4n) is 1.55. The summed E-state index contributed by atoms with van der Waals surface area (Å²) in [6.45, 7) is -0.185. The van der Waals surface area contributed by atoms with Crippen LogP contribution in [0.1, 0.15) is 23.7 Å². The number of rotatable bonds is 5. The summed E-state index contributed by atoms with van der Waals surface area (Å²) in [6.07, 6.45) is -7.01. The predicted octanol–water partition coefficient (Wildman–Crippen LogP) is 2.65. The number of carbonyl (C=O) groups excluding carboxylic acids is 1. The third-order valence-corrected chi connectivity index (χ3v) is 2.78. The van der Waals surface area contributed by atoms with E-state index in [9.17, 15) is 27.2 Å². The number of carboxylic acid groups (broad SMARTS) is 1. The van der Waals surface area contributed by atoms with E-state index in [1.807, 2.05) is 0 Å². The average molecular weight is 307 g/mol. The van der Waals surface area contributed by atoms with Crippen LogP contribution in [-0.4, -0.2) is 35.5 Å². The van der Waals surface area contributed by atoms with Crippen molar-refractivity contribution in [2.75, 3.05) is 13.6 Å². The van der Waals surface area contributed by atoms with Gasteiger partial charge in [0.05, 0.1) is 12.0 Å². The number of alkyl halides is 4. The highest BCUT2D eigenvalue weighted by Crippen LogP contribution is 2.30. The van der Waals surface area contributed by atoms with Crippen molar-refractivity contribution in [1.29, 1.82) is 0 Å². The number of halogens is 4. The number of likely N-dealkylation sites (N-methyl/N-ethyl adjacent to an activating group) is 1. The largest absolute Gasteiger partial charge is 0.481 e. The van der Waals surface area contributed by atoms with Crippen LogP contribution in [0.5, 0.6) is 0 Å². The Balaban J connectivity index is 2.76. The van der Waals surface area contributed by atoms with Crippen molar-refractivity contribution in [1.82, 2.24) is 4.90 Å². The molecule has 0 aromatic heterocycles. The van der Waals surface area contributed by atoms with E-state index in [4.69, 9.17) is 5.11 Å². The molecule has 0 saturated carbocycles. The molecule has 1 atom stereocenters. The second-order valence-electron chi connectivity index (χ2n) is 4.39. The summed E-state index contributed by atoms with van der Waals surface area (Å²) in [5.74, 6) is -2.14. The number of aliphatic carboxylic acids is 1. The van der Waals surface area contributed by atoms with Gasteiger partial charge in [0.1, 0.15) is 0 Å². The van der Waals surface area contributed by atoms with Gasteiger partial charge in [0.15, 0.2) is 0 Å². The van der Waals surface area contributed by atoms with Crippen molar-refractivity contribution in [3.8, 4) is 0 Å². The number of hydrogen-bond acceptors (Lipinski definition) is 2. The molecule has 0 radical (unpaired) electrons. The van der Waals surface area contributed by atoms with Crippen LogP contribution in [0.25, 0.3) is 0 Å². The van der Waals surface area contributed by atoms with Crippen LogP contribution in [0.3, 0.4) is 0 Å². The molecule has 1 aromatic carbocycles. The Kier molecular flexibility index (Phi) is 5.28. The molecule has 1 aromatic rings. The molecule has 0 aliphatic carbocycles. The Bertz CT molecular complexity index is 513. The van der Waals surface area contributed by atoms with Gasteiger partial charge < -0.3 is 10.0 Å². The molecule has 1 N–H and O–H groups in total. The highest BCUT2D eigenvalue weighted by Gasteiger charge is 2.31. The number of benzene rings is 1. The van der Waals surface area contributed by atoms with E-state index >= 15 is 0 Å². The maximum absolute atomic E-state index is 13.9. The van der Waals surface area contributed by atoms with Crippen molar-refractivity contribution in [2.45, 2.75) is 18.8 Å². The third-order valence-electron chi connectivity index (χ3n) is 2.78. The van der Waals surface area contributed by atoms with Crippen LogP contribution in [0, 0.1) is 0 Å². The molecule has 8 heteroatoms. The van der Waals surface area contributed by atoms with Gasteiger partial charge in [-0.05, 0) is 17.7 Å². The molecule has 1 amide bonds. The first-order valence-electron chi connectivity index (χ1n) is 5.91. The number of nitrogens with zero attached hydrogens (tertiary/aromatic N) is 1. The van der Waals surface area contributed by atoms with Gasteiger partial charge in [0, 0.05) is 13.6 Å². The first-order valence-corrected chi connectivity index (χ1v) is 5.91. The Morgan fingerprint density at radius 2 is 1.76 bits per heavy atom. The molecule has 0 aliphatic heterocycles. The topological polar surface area (TPSA) is 57.6 Å². The van der Waals surface area contributed by atoms with Gasteiger partial charge in [0.25, 0.3) is 5.91 Å². The number of amides is 1. The first-order chi connectivity index (χ1) is 9.62. The molecule has 0 spiro atoms. The maximum atomic E-state index is 13.9. The lowest BCUT2D eigenvalue weighted by molar-refractivity contribution is -0.139. The summed E-state index contributed by atoms with van der Waals surface area (Å²) in [7, 11) is 1.22. The minimum absolute atomic E-state index is 0.185. The zero-order chi connectivity index (χ0) is 16.2. The lowest BCUT2D eigenvalue weighted by Gasteiger charge is -2.19. The zero-order valence-corrected chi connectivity index (χ0v) is 11.0. The van der Waals surface area contributed by atoms with E-state index < -0.39 is 29.8 Å². The molecular formula is C13H13F4NO3. The van der Waals surface area contributed by atoms with E-state index in [1.165, 1.54) is 7.05 Å². The van der Waals surface area contributed by atoms with Gasteiger partial charge in [-0.3, -0.25) is 9.59 Å². The highest BCUT2D eigenvalue weighted by atomic mass is 19.4. The van der Waals surface area contributed by atoms with Crippen LogP contribution >= 0.6 is 0 Å². The third kappa shape index (κ3) is 4.73. The first kappa shape index (κ1) is 16.9. The van der Waals surface area contributed by atoms with Crippen LogP contribution in [0.2, 0.25) is 0 Å². The standard InChI is InChI=1S/C13H13F4NO3/c1-18(7-6-10(19)20)12(21)11(14)8-2-4-9(5-3-8)13(15,16)17/h2-5,11H,6-7H2,1H3,(H,19,20). The smallest absolute Gasteiger partial charge is 0.416 e. The molecule has 0 bridgehead atoms. The highest BCUT2D eigenvalue weighted by molar-refractivity contribution is 5.82. The van der Waals surface area contributed by atoms with Gasteiger partial charge in [0.2, 0.25) is 6.17 Å². The average Bonchev–Trinajstić information content (AvgIpc) is 2.42. The van der Waals surface area contributed by atoms with Crippen molar-refractivity contribution in [3.05, 3.63) is 35.4 Å². The fourth-order valence-corrected chi connectivity index (χ4v) is 1.55. The summed E-state index contributed by atoms with van der Waals surface area (Å²) < 4.78 is 51.0. The zero-order valence-electron chi connectivity index (χ0n) is 11.0. The minimum Gasteiger partial charge on any atom is -0.481 e. The Morgan fingerprint density at radius 3 is 2.19 bits per heavy atom. The second kappa shape index (κ2) is 6.55. The van der Waals surface area contributed by atoms with Crippen molar-refractivity contribution >= 4 is 11.9 Å². The summed E-state index contributed by atoms with van der Waals surface area (Å²) in [6, 6.07) is 3.14. The predicted molar refractivity (Wildman–Crippen MR) is 65.2 cm³/mol. The summed E-state index contributed by atoms with van der Waals surface area (Å²) in [5.41, 5.74) is -1.15. The van der Waals surface area contributed by atoms with Crippen molar-refractivity contribution in [2.24, 2.45) is 0 Å². The Morgan fingerprint density at radius 1 is 1.24 bits per heavy atom. The second-order valence-corrected chi connectivity index (χ2v) is 4.39. The summed E-state index contributed by atoms with van der Waals surface area (Å²) in [4.78, 5) is 22.9. The molecule has 0 saturated heterocycles. The molecule has 4 nitrogen and oxygen atoms in total. The molecule has 116 valence electrons. The molecule has 1 unspecified atom stereocenters. The molecule has 1 rings (SSSR count). The normalized spacial score (nSPS) is 12.8. The van der Waals surface area contributed by atoms with Crippen LogP contribution in [0.15, 0.2) is 24.3 Å². The van der Waals surface area contributed by atoms with Crippen LogP contribution < -0.4 is 0 Å². The Labute approximate surface area is 118 Å². The molecule has 0 aliphatic rings. The van der Waals surface area contributed by atoms with Crippen LogP contribution in [-0.2, 0) is 15.8 Å². The maximum Gasteiger partial charge on any atom is 0.416 e. The van der Waals surface area contributed by atoms with Crippen LogP contribution in [0.4, 0.5) is 17.6 Å². The fraction of sp³-hybridized carbons (Fsp3) is 0.385. The molecule has 0 heterocycles. The van der Waals surface area contributed by atoms with Crippen molar-refractivity contribution in [3.63, 3.8) is 0 Å². The number of hydrogen-bond donors (Lipinski definition) is 1. The van der Waals surface area contributed by atoms with E-state index in [-0.39, 0.29) is 18.5 Å². The van der Waals surface area contributed by atoms with Gasteiger partial charge in [-0.15, -0.1) is 0 Å². The van der Waals surface area contributed by atoms with Gasteiger partial charge >= 0.3 is 12.1 Å². The van der Waals surface area contributed by atoms with Crippen molar-refractivity contribution < 1.29 is 32.3 Å². The van der Waals surface area contributed by atoms with E-state index in [1.54, 1.807) is 0 Å². The van der Waals surface area contributed by atoms with Gasteiger partial charge in [-0.1, -0.05) is 12.1 Å². The quantitative estimate of drug-likeness (QED) is 0.851. The number of carboxylic acids is 1. The minimum atomic E-state index is -4.54. The summed E-state index contributed by atoms with van der Waals surface area (Å²) >= 11 is 0. The van der Waals surface area contributed by atoms with E-state index in [2.05, 4.69) is 0 Å². The lowest BCUT2D eigenvalue weighted by Crippen LogP contribution is -2.32. The number of carbonyl (C=O) groups is 2. The van der Waals surface area contributed by atoms with Gasteiger partial charge in [-0.2, -0.15) is 13.2 Å². The SMILES string of the molecule is CN(CCC(=O)O)C(=O)C(F)c1ccc(C(F)(F)F)cc1. The Hall–Kier alpha value is -2.12. The summed E-state index contributed by atoms with van der Waals surface area (Å²) in [5, 5.41) is 8.47. The molecule has 0 fully saturated rings. The van der Waals surface area contributed by atoms with E-state index in [0.717, 1.165) is 17.0 Å². The molecular weight excluding hydrogens is 294 g/mol. The van der Waals surface area contributed by atoms with Gasteiger partial charge in [-0.25, -0.2) is 4.39 Å². The monoisotopic (exact) mass is 307 g/mol. The molecule has 21 heavy (non-hydrogen) atoms.